The molecule has 28 N–H and O–H groups in total. The number of nitrogens with zero attached hydrogens (tertiary/aromatic N) is 1. The number of fused-ring (bicyclic) bond motifs is 1. The Labute approximate surface area is 747 Å². The molecular weight excluding hydrogens is 1650 g/mol. The van der Waals surface area contributed by atoms with E-state index >= 15 is 14.4 Å². The average Bonchev–Trinajstić information content (AvgIpc) is 1.73. The summed E-state index contributed by atoms with van der Waals surface area (Å²) in [6, 6.07) is 1.50. The number of aliphatic hydroxyl groups excluding tert-OH is 2. The van der Waals surface area contributed by atoms with Gasteiger partial charge in [0.15, 0.2) is 11.9 Å². The molecule has 706 valence electrons. The number of hydrogen-bond donors (Lipinski definition) is 24. The second-order valence-corrected chi connectivity index (χ2v) is 32.3. The van der Waals surface area contributed by atoms with Crippen molar-refractivity contribution in [3.05, 3.63) is 102 Å². The third-order valence-corrected chi connectivity index (χ3v) is 21.7. The predicted molar refractivity (Wildman–Crippen MR) is 480 cm³/mol. The molecular formula is C88H137N23O17. The number of aromatic nitrogens is 2. The van der Waals surface area contributed by atoms with Gasteiger partial charge in [0.25, 0.3) is 0 Å². The zero-order chi connectivity index (χ0) is 93.6. The number of primary amides is 2. The maximum absolute atomic E-state index is 15.3. The van der Waals surface area contributed by atoms with Gasteiger partial charge in [-0.05, 0) is 112 Å². The van der Waals surface area contributed by atoms with E-state index in [4.69, 9.17) is 33.8 Å². The van der Waals surface area contributed by atoms with Gasteiger partial charge in [0.2, 0.25) is 82.7 Å². The zero-order valence-corrected chi connectivity index (χ0v) is 73.8. The second-order valence-electron chi connectivity index (χ2n) is 32.3. The van der Waals surface area contributed by atoms with Crippen molar-refractivity contribution in [1.82, 2.24) is 89.7 Å². The summed E-state index contributed by atoms with van der Waals surface area (Å²) >= 11 is 0. The SMILES string of the molecule is CCCCCCCCCCCCCCCC(=O)NCC(=O)NC(CO)C(=O)N[C@@H](CCC(N)=O)C(=O)NC(CCCCNC(=N)N)C(=O)NC(CO)C(=O)N[C@@H](CCCC)C(=O)N[C@H]1CCC(=O)CNCCCC[C@@H](C(N)=O)NC(=O)[C@H](Cc2c[nH]c3ccccc23)NC(=O)[C@H](CCCNC(=N)N)NC(=O)[C@@H](Cc2ccccc2)NC(=O)[C@H](Cc2cccnc2)NC1=O. The highest BCUT2D eigenvalue weighted by molar-refractivity contribution is 6.00. The number of carbonyl (C=O) groups is 15. The lowest BCUT2D eigenvalue weighted by Crippen LogP contribution is -2.61. The van der Waals surface area contributed by atoms with Gasteiger partial charge in [-0.2, -0.15) is 0 Å². The number of ketones is 1. The van der Waals surface area contributed by atoms with Crippen molar-refractivity contribution < 1.29 is 82.1 Å². The molecule has 2 aromatic carbocycles. The number of unbranched alkanes of at least 4 members (excludes halogenated alkanes) is 14. The number of aliphatic hydroxyl groups is 2. The molecule has 11 atom stereocenters. The van der Waals surface area contributed by atoms with E-state index < -0.39 is 200 Å². The van der Waals surface area contributed by atoms with Crippen LogP contribution in [0.2, 0.25) is 0 Å². The number of carbonyl (C=O) groups excluding carboxylic acids is 15. The van der Waals surface area contributed by atoms with E-state index in [1.165, 1.54) is 63.8 Å². The van der Waals surface area contributed by atoms with Crippen LogP contribution >= 0.6 is 0 Å². The van der Waals surface area contributed by atoms with Gasteiger partial charge < -0.3 is 118 Å². The Balaban J connectivity index is 1.41. The Bertz CT molecular complexity index is 4220. The molecule has 1 fully saturated rings. The van der Waals surface area contributed by atoms with Gasteiger partial charge in [-0.3, -0.25) is 87.7 Å². The lowest BCUT2D eigenvalue weighted by molar-refractivity contribution is -0.137. The smallest absolute Gasteiger partial charge is 0.245 e. The first kappa shape index (κ1) is 106. The zero-order valence-electron chi connectivity index (χ0n) is 73.8. The van der Waals surface area contributed by atoms with Crippen LogP contribution in [0.25, 0.3) is 10.9 Å². The summed E-state index contributed by atoms with van der Waals surface area (Å²) in [6.07, 6.45) is 18.1. The lowest BCUT2D eigenvalue weighted by Gasteiger charge is -2.28. The van der Waals surface area contributed by atoms with Gasteiger partial charge in [0.1, 0.15) is 72.2 Å². The third-order valence-electron chi connectivity index (χ3n) is 21.7. The van der Waals surface area contributed by atoms with Crippen molar-refractivity contribution in [3.63, 3.8) is 0 Å². The number of para-hydroxylation sites is 1. The van der Waals surface area contributed by atoms with Crippen LogP contribution in [0.1, 0.15) is 217 Å². The standard InChI is InChI=1S/C88H137N23O17/c1-3-5-7-8-9-10-11-12-13-14-15-16-20-38-74(116)100-53-75(117)101-71(54-112)85(127)107-67(41-42-73(89)115)80(122)103-64(36-24-26-45-97-87(91)92)79(121)111-72(55-113)86(128)105-63(33-6-4-2)77(119)106-66-40-39-59(114)52-96-43-25-23-35-62(76(90)118)102-84(126)70(49-58-51-99-61-34-22-21-32-60(58)61)110-78(120)65(37-28-46-98-88(93)94)104-82(124)68(47-56-29-18-17-19-30-56)109-83(125)69(108-81(66)123)48-57-31-27-44-95-50-57/h17-19,21-22,27,29-32,34,44,50-51,62-72,96,99,112-113H,3-16,20,23-26,28,33,35-43,45-49,52-55H2,1-2H3,(H2,89,115)(H2,90,118)(H,100,116)(H,101,117)(H,102,126)(H,103,122)(H,104,124)(H,105,128)(H,106,119)(H,107,127)(H,108,123)(H,109,125)(H,110,120)(H,111,121)(H4,91,92,97)(H4,93,94,98)/t62-,63-,64?,65-,66-,67-,68+,69-,70-,71?,72?/m0/s1. The molecule has 40 nitrogen and oxygen atoms in total. The first-order chi connectivity index (χ1) is 61.5. The highest BCUT2D eigenvalue weighted by atomic mass is 16.3. The van der Waals surface area contributed by atoms with Gasteiger partial charge in [-0.15, -0.1) is 0 Å². The molecule has 4 aromatic rings. The monoisotopic (exact) mass is 1790 g/mol. The van der Waals surface area contributed by atoms with Gasteiger partial charge in [-0.25, -0.2) is 0 Å². The Morgan fingerprint density at radius 3 is 1.59 bits per heavy atom. The van der Waals surface area contributed by atoms with Crippen LogP contribution in [0, 0.1) is 10.8 Å². The minimum absolute atomic E-state index is 0.0220. The van der Waals surface area contributed by atoms with Gasteiger partial charge >= 0.3 is 0 Å². The summed E-state index contributed by atoms with van der Waals surface area (Å²) in [5, 5.41) is 76.7. The number of guanidine groups is 2. The molecule has 40 heteroatoms. The van der Waals surface area contributed by atoms with E-state index in [1.807, 2.05) is 18.2 Å². The summed E-state index contributed by atoms with van der Waals surface area (Å²) in [5.41, 5.74) is 24.7. The number of aromatic amines is 1. The minimum Gasteiger partial charge on any atom is -0.394 e. The molecule has 1 aliphatic rings. The van der Waals surface area contributed by atoms with E-state index in [0.29, 0.717) is 36.0 Å². The molecule has 3 unspecified atom stereocenters. The quantitative estimate of drug-likeness (QED) is 0.0150. The third kappa shape index (κ3) is 41.9. The van der Waals surface area contributed by atoms with Gasteiger partial charge in [-0.1, -0.05) is 158 Å². The van der Waals surface area contributed by atoms with E-state index in [9.17, 15) is 67.7 Å². The molecule has 128 heavy (non-hydrogen) atoms. The molecule has 0 spiro atoms. The van der Waals surface area contributed by atoms with E-state index in [2.05, 4.69) is 96.6 Å². The number of amides is 14. The molecule has 1 saturated heterocycles. The van der Waals surface area contributed by atoms with Crippen LogP contribution in [0.5, 0.6) is 0 Å². The summed E-state index contributed by atoms with van der Waals surface area (Å²) in [5.74, 6) is -14.3. The highest BCUT2D eigenvalue weighted by Crippen LogP contribution is 2.21. The fraction of sp³-hybridized carbons (Fsp3) is 0.591. The van der Waals surface area contributed by atoms with Crippen LogP contribution in [-0.4, -0.2) is 233 Å². The maximum Gasteiger partial charge on any atom is 0.245 e. The first-order valence-electron chi connectivity index (χ1n) is 44.8. The van der Waals surface area contributed by atoms with Crippen molar-refractivity contribution in [2.24, 2.45) is 22.9 Å². The normalized spacial score (nSPS) is 18.2. The maximum atomic E-state index is 15.3. The molecule has 1 aliphatic heterocycles. The highest BCUT2D eigenvalue weighted by Gasteiger charge is 2.38. The molecule has 14 amide bonds. The fourth-order valence-corrected chi connectivity index (χ4v) is 14.5. The van der Waals surface area contributed by atoms with Crippen LogP contribution in [0.15, 0.2) is 85.3 Å². The number of nitrogens with two attached hydrogens (primary N) is 4. The Morgan fingerprint density at radius 1 is 0.484 bits per heavy atom. The summed E-state index contributed by atoms with van der Waals surface area (Å²) in [7, 11) is 0. The van der Waals surface area contributed by atoms with E-state index in [1.54, 1.807) is 61.7 Å². The van der Waals surface area contributed by atoms with E-state index in [-0.39, 0.29) is 122 Å². The average molecular weight is 1790 g/mol. The topological polar surface area (TPSA) is 657 Å². The fourth-order valence-electron chi connectivity index (χ4n) is 14.5. The summed E-state index contributed by atoms with van der Waals surface area (Å²) < 4.78 is 0. The number of nitrogens with one attached hydrogen (secondary N) is 18. The predicted octanol–water partition coefficient (Wildman–Crippen LogP) is -0.514. The molecule has 2 aromatic heterocycles. The van der Waals surface area contributed by atoms with Crippen molar-refractivity contribution >= 4 is 111 Å². The first-order valence-corrected chi connectivity index (χ1v) is 44.8. The van der Waals surface area contributed by atoms with Crippen LogP contribution in [-0.2, 0) is 91.2 Å². The molecule has 5 rings (SSSR count). The minimum atomic E-state index is -1.89. The van der Waals surface area contributed by atoms with Gasteiger partial charge in [0, 0.05) is 81.1 Å². The summed E-state index contributed by atoms with van der Waals surface area (Å²) in [6.45, 7) is 1.40. The molecule has 0 saturated carbocycles. The molecule has 0 radical (unpaired) electrons. The number of benzene rings is 2. The molecule has 3 heterocycles. The van der Waals surface area contributed by atoms with E-state index in [0.717, 1.165) is 36.6 Å². The Kier molecular flexibility index (Phi) is 50.2. The lowest BCUT2D eigenvalue weighted by atomic mass is 10.0. The number of rotatable bonds is 51. The van der Waals surface area contributed by atoms with Crippen LogP contribution in [0.4, 0.5) is 0 Å². The van der Waals surface area contributed by atoms with Crippen molar-refractivity contribution in [3.8, 4) is 0 Å². The number of H-pyrrole nitrogens is 1. The van der Waals surface area contributed by atoms with Crippen LogP contribution in [0.3, 0.4) is 0 Å². The molecule has 0 aliphatic carbocycles. The number of Topliss-reactive ketones (excluding diaryl/α,β-unsaturated/α-hetero) is 1. The second kappa shape index (κ2) is 60.5. The van der Waals surface area contributed by atoms with Crippen molar-refractivity contribution in [1.29, 1.82) is 10.8 Å². The van der Waals surface area contributed by atoms with Gasteiger partial charge in [0.05, 0.1) is 26.3 Å². The number of hydrogen-bond acceptors (Lipinski definition) is 21. The Morgan fingerprint density at radius 2 is 0.992 bits per heavy atom. The number of pyridine rings is 1. The largest absolute Gasteiger partial charge is 0.394 e. The van der Waals surface area contributed by atoms with Crippen molar-refractivity contribution in [2.75, 3.05) is 45.9 Å². The molecule has 0 bridgehead atoms. The summed E-state index contributed by atoms with van der Waals surface area (Å²) in [4.78, 5) is 220. The Hall–Kier alpha value is -12.2. The van der Waals surface area contributed by atoms with Crippen molar-refractivity contribution in [2.45, 2.75) is 286 Å². The van der Waals surface area contributed by atoms with Crippen LogP contribution < -0.4 is 103 Å².